The Labute approximate surface area is 124 Å². The molecule has 2 N–H and O–H groups in total. The molecule has 0 saturated carbocycles. The van der Waals surface area contributed by atoms with Gasteiger partial charge in [0.2, 0.25) is 0 Å². The number of rotatable bonds is 5. The Bertz CT molecular complexity index is 590. The van der Waals surface area contributed by atoms with Gasteiger partial charge in [-0.25, -0.2) is 4.79 Å². The summed E-state index contributed by atoms with van der Waals surface area (Å²) in [6, 6.07) is 9.51. The van der Waals surface area contributed by atoms with Gasteiger partial charge < -0.3 is 14.7 Å². The van der Waals surface area contributed by atoms with Crippen LogP contribution in [0, 0.1) is 6.92 Å². The maximum Gasteiger partial charge on any atom is 0.320 e. The first-order chi connectivity index (χ1) is 10.0. The highest BCUT2D eigenvalue weighted by Crippen LogP contribution is 2.08. The van der Waals surface area contributed by atoms with Crippen molar-refractivity contribution in [1.82, 2.24) is 15.4 Å². The molecule has 0 spiro atoms. The molecule has 0 radical (unpaired) electrons. The number of hydrogen-bond donors (Lipinski definition) is 2. The summed E-state index contributed by atoms with van der Waals surface area (Å²) in [5.74, 6) is 1.06. The van der Waals surface area contributed by atoms with Crippen LogP contribution in [0.2, 0.25) is 0 Å². The van der Waals surface area contributed by atoms with E-state index in [1.54, 1.807) is 13.0 Å². The summed E-state index contributed by atoms with van der Waals surface area (Å²) in [4.78, 5) is 13.8. The number of nitrogens with zero attached hydrogens (tertiary/aromatic N) is 2. The van der Waals surface area contributed by atoms with Crippen molar-refractivity contribution < 1.29 is 9.32 Å². The third kappa shape index (κ3) is 4.92. The second kappa shape index (κ2) is 6.90. The number of anilines is 1. The number of benzene rings is 1. The highest BCUT2D eigenvalue weighted by atomic mass is 16.5. The summed E-state index contributed by atoms with van der Waals surface area (Å²) in [6.07, 6.45) is 0. The number of nitrogens with one attached hydrogen (secondary N) is 2. The molecule has 0 atom stereocenters. The lowest BCUT2D eigenvalue weighted by Crippen LogP contribution is -2.28. The lowest BCUT2D eigenvalue weighted by atomic mass is 10.1. The average molecular weight is 288 g/mol. The van der Waals surface area contributed by atoms with Gasteiger partial charge in [-0.2, -0.15) is 0 Å². The van der Waals surface area contributed by atoms with Crippen LogP contribution in [-0.4, -0.2) is 30.2 Å². The van der Waals surface area contributed by atoms with Gasteiger partial charge in [0, 0.05) is 19.2 Å². The zero-order valence-electron chi connectivity index (χ0n) is 12.5. The molecule has 21 heavy (non-hydrogen) atoms. The van der Waals surface area contributed by atoms with E-state index in [-0.39, 0.29) is 6.03 Å². The van der Waals surface area contributed by atoms with E-state index in [2.05, 4.69) is 32.8 Å². The second-order valence-electron chi connectivity index (χ2n) is 5.18. The monoisotopic (exact) mass is 288 g/mol. The zero-order chi connectivity index (χ0) is 15.2. The highest BCUT2D eigenvalue weighted by Gasteiger charge is 2.05. The van der Waals surface area contributed by atoms with Crippen LogP contribution in [0.25, 0.3) is 0 Å². The van der Waals surface area contributed by atoms with Crippen molar-refractivity contribution in [3.63, 3.8) is 0 Å². The van der Waals surface area contributed by atoms with E-state index in [4.69, 9.17) is 4.52 Å². The van der Waals surface area contributed by atoms with Crippen LogP contribution in [0.1, 0.15) is 16.9 Å². The molecule has 0 aliphatic carbocycles. The molecule has 0 fully saturated rings. The smallest absolute Gasteiger partial charge is 0.320 e. The number of carbonyl (C=O) groups excluding carboxylic acids is 1. The summed E-state index contributed by atoms with van der Waals surface area (Å²) in [5, 5.41) is 9.08. The molecule has 6 heteroatoms. The van der Waals surface area contributed by atoms with Gasteiger partial charge in [-0.1, -0.05) is 29.4 Å². The number of amides is 2. The zero-order valence-corrected chi connectivity index (χ0v) is 12.5. The van der Waals surface area contributed by atoms with Crippen molar-refractivity contribution in [2.24, 2.45) is 0 Å². The number of hydrogen-bond acceptors (Lipinski definition) is 4. The minimum absolute atomic E-state index is 0.305. The molecular formula is C15H20N4O2. The van der Waals surface area contributed by atoms with E-state index in [0.717, 1.165) is 12.1 Å². The Kier molecular flexibility index (Phi) is 4.94. The van der Waals surface area contributed by atoms with Gasteiger partial charge in [-0.05, 0) is 32.1 Å². The first kappa shape index (κ1) is 15.1. The van der Waals surface area contributed by atoms with Gasteiger partial charge in [-0.15, -0.1) is 0 Å². The van der Waals surface area contributed by atoms with Crippen molar-refractivity contribution in [3.8, 4) is 0 Å². The van der Waals surface area contributed by atoms with E-state index in [0.29, 0.717) is 18.1 Å². The molecule has 1 aromatic carbocycles. The Balaban J connectivity index is 1.81. The fourth-order valence-corrected chi connectivity index (χ4v) is 1.90. The largest absolute Gasteiger partial charge is 0.360 e. The van der Waals surface area contributed by atoms with Crippen LogP contribution in [-0.2, 0) is 13.1 Å². The molecule has 0 unspecified atom stereocenters. The summed E-state index contributed by atoms with van der Waals surface area (Å²) in [6.45, 7) is 3.13. The van der Waals surface area contributed by atoms with Crippen LogP contribution in [0.15, 0.2) is 34.9 Å². The molecule has 0 saturated heterocycles. The minimum Gasteiger partial charge on any atom is -0.360 e. The standard InChI is InChI=1S/C15H20N4O2/c1-11-8-14(18-21-11)17-15(20)16-9-12-4-6-13(7-5-12)10-19(2)3/h4-8H,9-10H2,1-3H3,(H2,16,17,18,20). The van der Waals surface area contributed by atoms with Crippen molar-refractivity contribution in [2.75, 3.05) is 19.4 Å². The Morgan fingerprint density at radius 2 is 1.90 bits per heavy atom. The van der Waals surface area contributed by atoms with Gasteiger partial charge >= 0.3 is 6.03 Å². The second-order valence-corrected chi connectivity index (χ2v) is 5.18. The van der Waals surface area contributed by atoms with Crippen LogP contribution < -0.4 is 10.6 Å². The number of aromatic nitrogens is 1. The molecule has 2 rings (SSSR count). The number of urea groups is 1. The molecule has 1 aromatic heterocycles. The fraction of sp³-hybridized carbons (Fsp3) is 0.333. The summed E-state index contributed by atoms with van der Waals surface area (Å²) in [7, 11) is 4.07. The molecule has 2 aromatic rings. The lowest BCUT2D eigenvalue weighted by molar-refractivity contribution is 0.251. The Morgan fingerprint density at radius 3 is 2.48 bits per heavy atom. The molecule has 6 nitrogen and oxygen atoms in total. The van der Waals surface area contributed by atoms with Gasteiger partial charge in [-0.3, -0.25) is 5.32 Å². The predicted octanol–water partition coefficient (Wildman–Crippen LogP) is 2.37. The van der Waals surface area contributed by atoms with Crippen LogP contribution in [0.3, 0.4) is 0 Å². The Morgan fingerprint density at radius 1 is 1.24 bits per heavy atom. The Hall–Kier alpha value is -2.34. The number of aryl methyl sites for hydroxylation is 1. The molecule has 1 heterocycles. The molecular weight excluding hydrogens is 268 g/mol. The van der Waals surface area contributed by atoms with E-state index < -0.39 is 0 Å². The quantitative estimate of drug-likeness (QED) is 0.886. The molecule has 2 amide bonds. The van der Waals surface area contributed by atoms with Crippen LogP contribution >= 0.6 is 0 Å². The topological polar surface area (TPSA) is 70.4 Å². The van der Waals surface area contributed by atoms with Gasteiger partial charge in [0.15, 0.2) is 5.82 Å². The molecule has 112 valence electrons. The SMILES string of the molecule is Cc1cc(NC(=O)NCc2ccc(CN(C)C)cc2)no1. The third-order valence-corrected chi connectivity index (χ3v) is 2.84. The van der Waals surface area contributed by atoms with Gasteiger partial charge in [0.1, 0.15) is 5.76 Å². The van der Waals surface area contributed by atoms with Crippen LogP contribution in [0.4, 0.5) is 10.6 Å². The first-order valence-corrected chi connectivity index (χ1v) is 6.73. The average Bonchev–Trinajstić information content (AvgIpc) is 2.83. The fourth-order valence-electron chi connectivity index (χ4n) is 1.90. The maximum absolute atomic E-state index is 11.7. The summed E-state index contributed by atoms with van der Waals surface area (Å²) in [5.41, 5.74) is 2.29. The van der Waals surface area contributed by atoms with Crippen LogP contribution in [0.5, 0.6) is 0 Å². The van der Waals surface area contributed by atoms with Crippen molar-refractivity contribution >= 4 is 11.8 Å². The van der Waals surface area contributed by atoms with Crippen molar-refractivity contribution in [1.29, 1.82) is 0 Å². The van der Waals surface area contributed by atoms with E-state index in [1.165, 1.54) is 5.56 Å². The lowest BCUT2D eigenvalue weighted by Gasteiger charge is -2.10. The maximum atomic E-state index is 11.7. The molecule has 0 aliphatic rings. The van der Waals surface area contributed by atoms with Gasteiger partial charge in [0.05, 0.1) is 0 Å². The van der Waals surface area contributed by atoms with Gasteiger partial charge in [0.25, 0.3) is 0 Å². The first-order valence-electron chi connectivity index (χ1n) is 6.73. The summed E-state index contributed by atoms with van der Waals surface area (Å²) >= 11 is 0. The van der Waals surface area contributed by atoms with Crippen molar-refractivity contribution in [3.05, 3.63) is 47.2 Å². The van der Waals surface area contributed by atoms with E-state index >= 15 is 0 Å². The normalized spacial score (nSPS) is 10.7. The minimum atomic E-state index is -0.305. The predicted molar refractivity (Wildman–Crippen MR) is 80.9 cm³/mol. The third-order valence-electron chi connectivity index (χ3n) is 2.84. The molecule has 0 bridgehead atoms. The number of carbonyl (C=O) groups is 1. The van der Waals surface area contributed by atoms with Crippen molar-refractivity contribution in [2.45, 2.75) is 20.0 Å². The molecule has 0 aliphatic heterocycles. The van der Waals surface area contributed by atoms with E-state index in [9.17, 15) is 4.79 Å². The van der Waals surface area contributed by atoms with E-state index in [1.807, 2.05) is 26.2 Å². The summed E-state index contributed by atoms with van der Waals surface area (Å²) < 4.78 is 4.88. The highest BCUT2D eigenvalue weighted by molar-refractivity contribution is 5.88.